The summed E-state index contributed by atoms with van der Waals surface area (Å²) in [5.41, 5.74) is 0.851. The minimum atomic E-state index is 0.600. The first-order valence-electron chi connectivity index (χ1n) is 4.90. The number of aromatic nitrogens is 1. The summed E-state index contributed by atoms with van der Waals surface area (Å²) in [6, 6.07) is 3.68. The van der Waals surface area contributed by atoms with E-state index in [1.54, 1.807) is 12.3 Å². The summed E-state index contributed by atoms with van der Waals surface area (Å²) in [6.45, 7) is 5.34. The predicted octanol–water partition coefficient (Wildman–Crippen LogP) is 1.79. The number of nitrogens with zero attached hydrogens (tertiary/aromatic N) is 1. The topological polar surface area (TPSA) is 46.2 Å². The van der Waals surface area contributed by atoms with Crippen LogP contribution in [0.25, 0.3) is 0 Å². The molecule has 0 saturated carbocycles. The number of thiocarbonyl (C=S) groups is 1. The highest BCUT2D eigenvalue weighted by atomic mass is 32.1. The van der Waals surface area contributed by atoms with Crippen LogP contribution in [0.5, 0.6) is 5.88 Å². The lowest BCUT2D eigenvalue weighted by atomic mass is 10.4. The van der Waals surface area contributed by atoms with E-state index >= 15 is 0 Å². The van der Waals surface area contributed by atoms with Gasteiger partial charge in [0.2, 0.25) is 5.88 Å². The molecule has 82 valence electrons. The van der Waals surface area contributed by atoms with E-state index in [1.165, 1.54) is 0 Å². The molecule has 15 heavy (non-hydrogen) atoms. The van der Waals surface area contributed by atoms with Gasteiger partial charge in [-0.3, -0.25) is 0 Å². The molecule has 0 aliphatic rings. The predicted molar refractivity (Wildman–Crippen MR) is 65.3 cm³/mol. The normalized spacial score (nSPS) is 9.47. The molecule has 0 amide bonds. The summed E-state index contributed by atoms with van der Waals surface area (Å²) in [5.74, 6) is 0.623. The Morgan fingerprint density at radius 3 is 2.80 bits per heavy atom. The Kier molecular flexibility index (Phi) is 4.83. The van der Waals surface area contributed by atoms with Gasteiger partial charge in [-0.25, -0.2) is 4.98 Å². The molecule has 0 aromatic carbocycles. The largest absolute Gasteiger partial charge is 0.478 e. The zero-order chi connectivity index (χ0) is 11.1. The van der Waals surface area contributed by atoms with Crippen molar-refractivity contribution in [3.8, 4) is 5.88 Å². The van der Waals surface area contributed by atoms with Crippen molar-refractivity contribution in [2.45, 2.75) is 13.8 Å². The Labute approximate surface area is 95.0 Å². The second-order valence-electron chi connectivity index (χ2n) is 2.80. The Morgan fingerprint density at radius 2 is 2.27 bits per heavy atom. The third-order valence-electron chi connectivity index (χ3n) is 1.62. The number of ether oxygens (including phenoxy) is 1. The molecule has 5 heteroatoms. The molecule has 1 aromatic heterocycles. The van der Waals surface area contributed by atoms with Gasteiger partial charge in [0, 0.05) is 12.6 Å². The van der Waals surface area contributed by atoms with Crippen LogP contribution < -0.4 is 15.4 Å². The summed E-state index contributed by atoms with van der Waals surface area (Å²) >= 11 is 5.04. The van der Waals surface area contributed by atoms with Crippen molar-refractivity contribution in [1.82, 2.24) is 10.3 Å². The maximum Gasteiger partial charge on any atom is 0.213 e. The number of hydrogen-bond acceptors (Lipinski definition) is 3. The third kappa shape index (κ3) is 4.12. The molecule has 0 bridgehead atoms. The van der Waals surface area contributed by atoms with Crippen LogP contribution >= 0.6 is 12.2 Å². The second kappa shape index (κ2) is 6.19. The molecule has 0 aliphatic heterocycles. The first kappa shape index (κ1) is 11.7. The van der Waals surface area contributed by atoms with E-state index in [9.17, 15) is 0 Å². The second-order valence-corrected chi connectivity index (χ2v) is 3.21. The molecule has 0 spiro atoms. The monoisotopic (exact) mass is 225 g/mol. The molecular weight excluding hydrogens is 210 g/mol. The van der Waals surface area contributed by atoms with Gasteiger partial charge < -0.3 is 15.4 Å². The van der Waals surface area contributed by atoms with Crippen LogP contribution in [0.1, 0.15) is 13.8 Å². The van der Waals surface area contributed by atoms with Crippen LogP contribution in [0.3, 0.4) is 0 Å². The van der Waals surface area contributed by atoms with Gasteiger partial charge in [-0.2, -0.15) is 0 Å². The highest BCUT2D eigenvalue weighted by Gasteiger charge is 1.97. The lowest BCUT2D eigenvalue weighted by Gasteiger charge is -2.08. The van der Waals surface area contributed by atoms with Crippen LogP contribution in [0.2, 0.25) is 0 Å². The van der Waals surface area contributed by atoms with Crippen molar-refractivity contribution in [2.24, 2.45) is 0 Å². The maximum absolute atomic E-state index is 5.23. The van der Waals surface area contributed by atoms with Crippen molar-refractivity contribution in [1.29, 1.82) is 0 Å². The van der Waals surface area contributed by atoms with Gasteiger partial charge in [-0.05, 0) is 32.1 Å². The van der Waals surface area contributed by atoms with Gasteiger partial charge in [-0.1, -0.05) is 0 Å². The summed E-state index contributed by atoms with van der Waals surface area (Å²) < 4.78 is 5.23. The zero-order valence-corrected chi connectivity index (χ0v) is 9.73. The summed E-state index contributed by atoms with van der Waals surface area (Å²) in [7, 11) is 0. The fraction of sp³-hybridized carbons (Fsp3) is 0.400. The van der Waals surface area contributed by atoms with Crippen molar-refractivity contribution in [2.75, 3.05) is 18.5 Å². The van der Waals surface area contributed by atoms with E-state index < -0.39 is 0 Å². The molecule has 0 unspecified atom stereocenters. The number of pyridine rings is 1. The zero-order valence-electron chi connectivity index (χ0n) is 8.91. The van der Waals surface area contributed by atoms with Crippen LogP contribution in [0.4, 0.5) is 5.69 Å². The Bertz CT molecular complexity index is 313. The Balaban J connectivity index is 2.52. The van der Waals surface area contributed by atoms with Crippen LogP contribution in [-0.4, -0.2) is 23.2 Å². The van der Waals surface area contributed by atoms with Crippen LogP contribution in [-0.2, 0) is 0 Å². The molecule has 0 fully saturated rings. The van der Waals surface area contributed by atoms with Gasteiger partial charge in [0.15, 0.2) is 5.11 Å². The molecule has 0 saturated heterocycles. The smallest absolute Gasteiger partial charge is 0.213 e. The van der Waals surface area contributed by atoms with Gasteiger partial charge in [0.05, 0.1) is 18.5 Å². The quantitative estimate of drug-likeness (QED) is 0.765. The molecule has 0 atom stereocenters. The van der Waals surface area contributed by atoms with E-state index in [0.29, 0.717) is 17.6 Å². The van der Waals surface area contributed by atoms with E-state index in [0.717, 1.165) is 12.2 Å². The average molecular weight is 225 g/mol. The fourth-order valence-electron chi connectivity index (χ4n) is 1.02. The van der Waals surface area contributed by atoms with Gasteiger partial charge in [-0.15, -0.1) is 0 Å². The lowest BCUT2D eigenvalue weighted by Crippen LogP contribution is -2.27. The highest BCUT2D eigenvalue weighted by molar-refractivity contribution is 7.80. The number of anilines is 1. The molecule has 4 nitrogen and oxygen atoms in total. The van der Waals surface area contributed by atoms with Gasteiger partial charge in [0.1, 0.15) is 0 Å². The van der Waals surface area contributed by atoms with Crippen molar-refractivity contribution in [3.05, 3.63) is 18.3 Å². The van der Waals surface area contributed by atoms with Crippen molar-refractivity contribution < 1.29 is 4.74 Å². The fourth-order valence-corrected chi connectivity index (χ4v) is 1.29. The lowest BCUT2D eigenvalue weighted by molar-refractivity contribution is 0.327. The van der Waals surface area contributed by atoms with Crippen molar-refractivity contribution >= 4 is 23.0 Å². The Morgan fingerprint density at radius 1 is 1.47 bits per heavy atom. The summed E-state index contributed by atoms with van der Waals surface area (Å²) in [4.78, 5) is 4.11. The highest BCUT2D eigenvalue weighted by Crippen LogP contribution is 2.11. The molecule has 1 heterocycles. The summed E-state index contributed by atoms with van der Waals surface area (Å²) in [6.07, 6.45) is 1.69. The number of rotatable bonds is 4. The number of hydrogen-bond donors (Lipinski definition) is 2. The van der Waals surface area contributed by atoms with E-state index in [-0.39, 0.29) is 0 Å². The SMILES string of the molecule is CCNC(=S)Nc1ccc(OCC)nc1. The first-order valence-corrected chi connectivity index (χ1v) is 5.30. The van der Waals surface area contributed by atoms with Crippen LogP contribution in [0, 0.1) is 0 Å². The summed E-state index contributed by atoms with van der Waals surface area (Å²) in [5, 5.41) is 6.61. The standard InChI is InChI=1S/C10H15N3OS/c1-3-11-10(15)13-8-5-6-9(12-7-8)14-4-2/h5-7H,3-4H2,1-2H3,(H2,11,13,15). The number of nitrogens with one attached hydrogen (secondary N) is 2. The minimum absolute atomic E-state index is 0.600. The maximum atomic E-state index is 5.23. The van der Waals surface area contributed by atoms with E-state index in [4.69, 9.17) is 17.0 Å². The van der Waals surface area contributed by atoms with Crippen LogP contribution in [0.15, 0.2) is 18.3 Å². The van der Waals surface area contributed by atoms with Gasteiger partial charge >= 0.3 is 0 Å². The molecular formula is C10H15N3OS. The van der Waals surface area contributed by atoms with Gasteiger partial charge in [0.25, 0.3) is 0 Å². The van der Waals surface area contributed by atoms with E-state index in [2.05, 4.69) is 15.6 Å². The third-order valence-corrected chi connectivity index (χ3v) is 1.87. The first-order chi connectivity index (χ1) is 7.26. The molecule has 0 aliphatic carbocycles. The molecule has 2 N–H and O–H groups in total. The van der Waals surface area contributed by atoms with Crippen molar-refractivity contribution in [3.63, 3.8) is 0 Å². The minimum Gasteiger partial charge on any atom is -0.478 e. The average Bonchev–Trinajstić information content (AvgIpc) is 2.22. The Hall–Kier alpha value is -1.36. The molecule has 1 rings (SSSR count). The molecule has 1 aromatic rings. The van der Waals surface area contributed by atoms with E-state index in [1.807, 2.05) is 19.9 Å². The molecule has 0 radical (unpaired) electrons.